The summed E-state index contributed by atoms with van der Waals surface area (Å²) in [7, 11) is 0. The van der Waals surface area contributed by atoms with E-state index in [1.165, 1.54) is 30.0 Å². The van der Waals surface area contributed by atoms with Crippen molar-refractivity contribution in [3.8, 4) is 0 Å². The van der Waals surface area contributed by atoms with E-state index < -0.39 is 5.82 Å². The SMILES string of the molecule is CC(=O)N(CCC(=O)Nc1cccc(F)c1)c1ccccc1Cl. The molecule has 0 heterocycles. The standard InChI is InChI=1S/C17H16ClFN2O2/c1-12(22)21(16-8-3-2-7-15(16)18)10-9-17(23)20-14-6-4-5-13(19)11-14/h2-8,11H,9-10H2,1H3,(H,20,23). The minimum absolute atomic E-state index is 0.0708. The Bertz CT molecular complexity index is 721. The Balaban J connectivity index is 2.00. The summed E-state index contributed by atoms with van der Waals surface area (Å²) in [5.74, 6) is -0.949. The Morgan fingerprint density at radius 3 is 2.57 bits per heavy atom. The highest BCUT2D eigenvalue weighted by molar-refractivity contribution is 6.33. The van der Waals surface area contributed by atoms with E-state index in [1.807, 2.05) is 0 Å². The van der Waals surface area contributed by atoms with E-state index in [1.54, 1.807) is 30.3 Å². The smallest absolute Gasteiger partial charge is 0.226 e. The highest BCUT2D eigenvalue weighted by Crippen LogP contribution is 2.25. The van der Waals surface area contributed by atoms with Crippen molar-refractivity contribution >= 4 is 34.8 Å². The number of benzene rings is 2. The molecule has 23 heavy (non-hydrogen) atoms. The molecule has 0 aliphatic heterocycles. The number of carbonyl (C=O) groups excluding carboxylic acids is 2. The highest BCUT2D eigenvalue weighted by Gasteiger charge is 2.16. The molecule has 0 saturated carbocycles. The first-order valence-electron chi connectivity index (χ1n) is 7.05. The van der Waals surface area contributed by atoms with Crippen LogP contribution >= 0.6 is 11.6 Å². The van der Waals surface area contributed by atoms with E-state index in [0.29, 0.717) is 16.4 Å². The molecule has 2 rings (SSSR count). The van der Waals surface area contributed by atoms with Gasteiger partial charge in [-0.25, -0.2) is 4.39 Å². The molecule has 0 aromatic heterocycles. The number of amides is 2. The Morgan fingerprint density at radius 2 is 1.91 bits per heavy atom. The average Bonchev–Trinajstić information content (AvgIpc) is 2.49. The van der Waals surface area contributed by atoms with Gasteiger partial charge in [-0.15, -0.1) is 0 Å². The molecule has 4 nitrogen and oxygen atoms in total. The molecule has 2 aromatic rings. The summed E-state index contributed by atoms with van der Waals surface area (Å²) in [5, 5.41) is 3.03. The van der Waals surface area contributed by atoms with E-state index in [0.717, 1.165) is 0 Å². The molecule has 0 aliphatic rings. The maximum atomic E-state index is 13.1. The Kier molecular flexibility index (Phi) is 5.71. The van der Waals surface area contributed by atoms with Gasteiger partial charge in [-0.1, -0.05) is 29.8 Å². The zero-order valence-electron chi connectivity index (χ0n) is 12.6. The minimum atomic E-state index is -0.427. The van der Waals surface area contributed by atoms with Gasteiger partial charge in [-0.05, 0) is 30.3 Å². The molecule has 1 N–H and O–H groups in total. The molecular weight excluding hydrogens is 319 g/mol. The second-order valence-corrected chi connectivity index (χ2v) is 5.34. The zero-order chi connectivity index (χ0) is 16.8. The second kappa shape index (κ2) is 7.74. The fourth-order valence-electron chi connectivity index (χ4n) is 2.12. The summed E-state index contributed by atoms with van der Waals surface area (Å²) in [5.41, 5.74) is 0.933. The van der Waals surface area contributed by atoms with Gasteiger partial charge in [0.05, 0.1) is 10.7 Å². The first-order valence-corrected chi connectivity index (χ1v) is 7.43. The van der Waals surface area contributed by atoms with Gasteiger partial charge in [-0.3, -0.25) is 9.59 Å². The summed E-state index contributed by atoms with van der Waals surface area (Å²) in [6, 6.07) is 12.6. The second-order valence-electron chi connectivity index (χ2n) is 4.93. The third-order valence-electron chi connectivity index (χ3n) is 3.19. The molecule has 0 saturated heterocycles. The van der Waals surface area contributed by atoms with Crippen molar-refractivity contribution in [2.45, 2.75) is 13.3 Å². The lowest BCUT2D eigenvalue weighted by Gasteiger charge is -2.22. The lowest BCUT2D eigenvalue weighted by Crippen LogP contribution is -2.32. The fourth-order valence-corrected chi connectivity index (χ4v) is 2.36. The number of carbonyl (C=O) groups is 2. The lowest BCUT2D eigenvalue weighted by molar-refractivity contribution is -0.117. The number of para-hydroxylation sites is 1. The number of hydrogen-bond acceptors (Lipinski definition) is 2. The normalized spacial score (nSPS) is 10.2. The van der Waals surface area contributed by atoms with E-state index >= 15 is 0 Å². The van der Waals surface area contributed by atoms with Gasteiger partial charge in [0.15, 0.2) is 0 Å². The van der Waals surface area contributed by atoms with Crippen LogP contribution in [0.15, 0.2) is 48.5 Å². The largest absolute Gasteiger partial charge is 0.326 e. The minimum Gasteiger partial charge on any atom is -0.326 e. The first kappa shape index (κ1) is 17.0. The number of hydrogen-bond donors (Lipinski definition) is 1. The van der Waals surface area contributed by atoms with Gasteiger partial charge in [0.2, 0.25) is 11.8 Å². The topological polar surface area (TPSA) is 49.4 Å². The van der Waals surface area contributed by atoms with Crippen LogP contribution in [0.4, 0.5) is 15.8 Å². The maximum Gasteiger partial charge on any atom is 0.226 e. The van der Waals surface area contributed by atoms with Crippen molar-refractivity contribution in [2.75, 3.05) is 16.8 Å². The summed E-state index contributed by atoms with van der Waals surface area (Å²) in [4.78, 5) is 25.2. The van der Waals surface area contributed by atoms with Crippen molar-refractivity contribution in [1.82, 2.24) is 0 Å². The molecule has 0 radical (unpaired) electrons. The molecule has 2 aromatic carbocycles. The van der Waals surface area contributed by atoms with Crippen LogP contribution in [0.2, 0.25) is 5.02 Å². The monoisotopic (exact) mass is 334 g/mol. The molecule has 0 bridgehead atoms. The predicted octanol–water partition coefficient (Wildman–Crippen LogP) is 3.86. The Morgan fingerprint density at radius 1 is 1.17 bits per heavy atom. The maximum absolute atomic E-state index is 13.1. The number of anilines is 2. The van der Waals surface area contributed by atoms with Crippen LogP contribution < -0.4 is 10.2 Å². The first-order chi connectivity index (χ1) is 11.0. The lowest BCUT2D eigenvalue weighted by atomic mass is 10.2. The third-order valence-corrected chi connectivity index (χ3v) is 3.51. The molecular formula is C17H16ClFN2O2. The van der Waals surface area contributed by atoms with E-state index in [9.17, 15) is 14.0 Å². The fraction of sp³-hybridized carbons (Fsp3) is 0.176. The van der Waals surface area contributed by atoms with Gasteiger partial charge >= 0.3 is 0 Å². The summed E-state index contributed by atoms with van der Waals surface area (Å²) in [6.07, 6.45) is 0.0708. The number of nitrogens with zero attached hydrogens (tertiary/aromatic N) is 1. The van der Waals surface area contributed by atoms with E-state index in [4.69, 9.17) is 11.6 Å². The van der Waals surface area contributed by atoms with Gasteiger partial charge in [-0.2, -0.15) is 0 Å². The molecule has 0 atom stereocenters. The molecule has 2 amide bonds. The summed E-state index contributed by atoms with van der Waals surface area (Å²) < 4.78 is 13.1. The summed E-state index contributed by atoms with van der Waals surface area (Å²) in [6.45, 7) is 1.59. The number of rotatable bonds is 5. The third kappa shape index (κ3) is 4.79. The average molecular weight is 335 g/mol. The molecule has 120 valence electrons. The number of nitrogens with one attached hydrogen (secondary N) is 1. The van der Waals surface area contributed by atoms with Crippen LogP contribution in [0.25, 0.3) is 0 Å². The Labute approximate surface area is 138 Å². The van der Waals surface area contributed by atoms with E-state index in [-0.39, 0.29) is 24.8 Å². The molecule has 0 unspecified atom stereocenters. The number of halogens is 2. The zero-order valence-corrected chi connectivity index (χ0v) is 13.3. The van der Waals surface area contributed by atoms with Crippen LogP contribution in [0.3, 0.4) is 0 Å². The molecule has 0 fully saturated rings. The van der Waals surface area contributed by atoms with Crippen molar-refractivity contribution in [1.29, 1.82) is 0 Å². The summed E-state index contributed by atoms with van der Waals surface area (Å²) >= 11 is 6.09. The van der Waals surface area contributed by atoms with Crippen molar-refractivity contribution in [3.63, 3.8) is 0 Å². The van der Waals surface area contributed by atoms with Crippen LogP contribution in [0.5, 0.6) is 0 Å². The van der Waals surface area contributed by atoms with Crippen LogP contribution in [0.1, 0.15) is 13.3 Å². The molecule has 0 spiro atoms. The van der Waals surface area contributed by atoms with Crippen LogP contribution in [0, 0.1) is 5.82 Å². The molecule has 6 heteroatoms. The van der Waals surface area contributed by atoms with E-state index in [2.05, 4.69) is 5.32 Å². The van der Waals surface area contributed by atoms with Gasteiger partial charge in [0, 0.05) is 25.6 Å². The van der Waals surface area contributed by atoms with Crippen LogP contribution in [-0.4, -0.2) is 18.4 Å². The molecule has 0 aliphatic carbocycles. The van der Waals surface area contributed by atoms with Gasteiger partial charge in [0.1, 0.15) is 5.82 Å². The van der Waals surface area contributed by atoms with Crippen molar-refractivity contribution < 1.29 is 14.0 Å². The van der Waals surface area contributed by atoms with Crippen LogP contribution in [-0.2, 0) is 9.59 Å². The highest BCUT2D eigenvalue weighted by atomic mass is 35.5. The van der Waals surface area contributed by atoms with Crippen molar-refractivity contribution in [3.05, 3.63) is 59.4 Å². The Hall–Kier alpha value is -2.40. The quantitative estimate of drug-likeness (QED) is 0.902. The van der Waals surface area contributed by atoms with Crippen molar-refractivity contribution in [2.24, 2.45) is 0 Å². The van der Waals surface area contributed by atoms with Gasteiger partial charge < -0.3 is 10.2 Å². The predicted molar refractivity (Wildman–Crippen MR) is 89.1 cm³/mol. The van der Waals surface area contributed by atoms with Gasteiger partial charge in [0.25, 0.3) is 0 Å².